The first-order chi connectivity index (χ1) is 36.0. The number of hydrogen-bond acceptors (Lipinski definition) is 9. The molecule has 0 saturated carbocycles. The van der Waals surface area contributed by atoms with Gasteiger partial charge < -0.3 is 13.7 Å². The summed E-state index contributed by atoms with van der Waals surface area (Å²) in [5, 5.41) is -23.9. The summed E-state index contributed by atoms with van der Waals surface area (Å²) >= 11 is 0. The third-order valence-electron chi connectivity index (χ3n) is 9.02. The van der Waals surface area contributed by atoms with Crippen molar-refractivity contribution in [2.24, 2.45) is 0 Å². The van der Waals surface area contributed by atoms with E-state index >= 15 is 0 Å². The van der Waals surface area contributed by atoms with Crippen LogP contribution in [-0.4, -0.2) is 180 Å². The second kappa shape index (κ2) is 23.1. The van der Waals surface area contributed by atoms with Gasteiger partial charge in [0.25, 0.3) is 0 Å². The first-order valence-electron chi connectivity index (χ1n) is 17.0. The van der Waals surface area contributed by atoms with Crippen LogP contribution in [-0.2, 0) is 30.4 Å². The largest absolute Gasteiger partial charge is 3.00 e. The maximum atomic E-state index is 13.0. The monoisotopic (exact) mass is 1640 g/mol. The predicted molar refractivity (Wildman–Crippen MR) is 151 cm³/mol. The van der Waals surface area contributed by atoms with Crippen LogP contribution in [0.25, 0.3) is 0 Å². The minimum Gasteiger partial charge on any atom is -0.743 e. The van der Waals surface area contributed by atoms with E-state index in [1.54, 1.807) is 0 Å². The fourth-order valence-electron chi connectivity index (χ4n) is 3.92. The van der Waals surface area contributed by atoms with Crippen LogP contribution in [0.3, 0.4) is 0 Å². The Balaban J connectivity index is -0.000000598. The first kappa shape index (κ1) is 91.8. The molecule has 0 spiro atoms. The normalized spacial score (nSPS) is 16.7. The predicted octanol–water partition coefficient (Wildman–Crippen LogP) is 13.5. The number of rotatable bonds is 21. The third-order valence-corrected chi connectivity index (χ3v) is 11.7. The summed E-state index contributed by atoms with van der Waals surface area (Å²) in [7, 11) is -24.4. The molecule has 0 fully saturated rings. The van der Waals surface area contributed by atoms with E-state index in [2.05, 4.69) is 0 Å². The van der Waals surface area contributed by atoms with Gasteiger partial charge in [0.05, 0.1) is 0 Å². The first-order valence-corrected chi connectivity index (χ1v) is 21.2. The molecule has 0 N–H and O–H groups in total. The van der Waals surface area contributed by atoms with Crippen molar-refractivity contribution in [3.63, 3.8) is 0 Å². The summed E-state index contributed by atoms with van der Waals surface area (Å²) in [5.74, 6) is -156. The maximum absolute atomic E-state index is 13.0. The van der Waals surface area contributed by atoms with Crippen molar-refractivity contribution < 1.29 is 298 Å². The third kappa shape index (κ3) is 12.4. The van der Waals surface area contributed by atoms with Gasteiger partial charge in [-0.3, -0.25) is 0 Å². The molecule has 0 aromatic heterocycles. The summed E-state index contributed by atoms with van der Waals surface area (Å²) < 4.78 is 732. The molecule has 528 valence electrons. The van der Waals surface area contributed by atoms with Crippen LogP contribution in [0.4, 0.5) is 224 Å². The maximum Gasteiger partial charge on any atom is 3.00 e. The number of halogens is 51. The zero-order valence-electron chi connectivity index (χ0n) is 36.8. The second-order valence-corrected chi connectivity index (χ2v) is 19.0. The molecule has 0 aliphatic carbocycles. The van der Waals surface area contributed by atoms with Gasteiger partial charge in [-0.1, -0.05) is 0 Å². The molecule has 88 heavy (non-hydrogen) atoms. The minimum atomic E-state index is -8.92. The van der Waals surface area contributed by atoms with Crippen molar-refractivity contribution in [1.82, 2.24) is 0 Å². The van der Waals surface area contributed by atoms with Crippen LogP contribution in [0.1, 0.15) is 0 Å². The fraction of sp³-hybridized carbons (Fsp3) is 1.00. The average Bonchev–Trinajstić information content (AvgIpc) is 3.23. The Bertz CT molecular complexity index is 2500. The Morgan fingerprint density at radius 3 is 0.284 bits per heavy atom. The molecule has 0 aromatic rings. The molecule has 0 saturated heterocycles. The molecule has 0 rings (SSSR count). The van der Waals surface area contributed by atoms with Crippen molar-refractivity contribution in [3.8, 4) is 0 Å². The molecule has 0 atom stereocenters. The van der Waals surface area contributed by atoms with Crippen molar-refractivity contribution in [1.29, 1.82) is 0 Å². The van der Waals surface area contributed by atoms with Gasteiger partial charge >= 0.3 is 176 Å². The van der Waals surface area contributed by atoms with Crippen LogP contribution < -0.4 is 0 Å². The fourth-order valence-corrected chi connectivity index (χ4v) is 5.25. The van der Waals surface area contributed by atoms with Crippen LogP contribution in [0.2, 0.25) is 0 Å². The Morgan fingerprint density at radius 1 is 0.148 bits per heavy atom. The topological polar surface area (TPSA) is 172 Å². The van der Waals surface area contributed by atoms with E-state index in [9.17, 15) is 263 Å². The SMILES string of the molecule is O=S(=O)([O-])C(F)(F)C(F)(F)C(F)(F)C(F)(F)C(F)(F)C(F)(F)C(F)(F)C(F)(F)F.O=S(=O)([O-])C(F)(F)C(F)(F)C(F)(F)C(F)(F)C(F)(F)C(F)(F)C(F)(F)C(F)(F)F.O=S(=O)([O-])C(F)(F)C(F)(F)C(F)(F)C(F)(F)C(F)(F)C(F)(F)C(F)(F)C(F)(F)F.[La+3]. The average molecular weight is 1640 g/mol. The van der Waals surface area contributed by atoms with E-state index in [4.69, 9.17) is 0 Å². The summed E-state index contributed by atoms with van der Waals surface area (Å²) in [5.41, 5.74) is 0. The van der Waals surface area contributed by atoms with Gasteiger partial charge in [-0.05, 0) is 0 Å². The Kier molecular flexibility index (Phi) is 24.1. The molecule has 64 heteroatoms. The van der Waals surface area contributed by atoms with Gasteiger partial charge in [0.1, 0.15) is 0 Å². The van der Waals surface area contributed by atoms with Crippen LogP contribution in [0.15, 0.2) is 0 Å². The zero-order valence-corrected chi connectivity index (χ0v) is 42.8. The molecule has 0 bridgehead atoms. The second-order valence-electron chi connectivity index (χ2n) is 14.7. The van der Waals surface area contributed by atoms with E-state index < -0.39 is 171 Å². The van der Waals surface area contributed by atoms with Gasteiger partial charge in [0.2, 0.25) is 0 Å². The smallest absolute Gasteiger partial charge is 0.743 e. The van der Waals surface area contributed by atoms with Gasteiger partial charge in [-0.2, -0.15) is 224 Å². The van der Waals surface area contributed by atoms with E-state index in [0.717, 1.165) is 0 Å². The quantitative estimate of drug-likeness (QED) is 0.0801. The number of hydrogen-bond donors (Lipinski definition) is 0. The Labute approximate surface area is 469 Å². The molecular formula is C24F51LaO9S3. The van der Waals surface area contributed by atoms with Crippen LogP contribution in [0, 0.1) is 35.6 Å². The Morgan fingerprint density at radius 2 is 0.216 bits per heavy atom. The summed E-state index contributed by atoms with van der Waals surface area (Å²) in [4.78, 5) is 0. The van der Waals surface area contributed by atoms with Gasteiger partial charge in [0, 0.05) is 0 Å². The van der Waals surface area contributed by atoms with E-state index in [1.165, 1.54) is 0 Å². The van der Waals surface area contributed by atoms with Crippen LogP contribution >= 0.6 is 0 Å². The van der Waals surface area contributed by atoms with E-state index in [-0.39, 0.29) is 35.6 Å². The zero-order chi connectivity index (χ0) is 73.5. The molecule has 0 unspecified atom stereocenters. The molecule has 9 nitrogen and oxygen atoms in total. The van der Waals surface area contributed by atoms with E-state index in [1.807, 2.05) is 0 Å². The van der Waals surface area contributed by atoms with Crippen LogP contribution in [0.5, 0.6) is 0 Å². The van der Waals surface area contributed by atoms with Crippen molar-refractivity contribution in [2.75, 3.05) is 0 Å². The molecular weight excluding hydrogens is 1640 g/mol. The van der Waals surface area contributed by atoms with Gasteiger partial charge in [0.15, 0.2) is 30.4 Å². The minimum absolute atomic E-state index is 0. The molecule has 0 aromatic carbocycles. The molecule has 0 aliphatic rings. The molecule has 0 amide bonds. The molecule has 0 heterocycles. The van der Waals surface area contributed by atoms with Crippen molar-refractivity contribution in [2.45, 2.75) is 141 Å². The summed E-state index contributed by atoms with van der Waals surface area (Å²) in [6.45, 7) is 0. The summed E-state index contributed by atoms with van der Waals surface area (Å²) in [6, 6.07) is 0. The van der Waals surface area contributed by atoms with Gasteiger partial charge in [-0.25, -0.2) is 25.3 Å². The number of alkyl halides is 51. The standard InChI is InChI=1S/3C8HF17O3S.La/c3*9-1(10,3(13,14)5(17,18)7(21,22)23)2(11,12)4(15,16)6(19,20)8(24,25)29(26,27)28;/h3*(H,26,27,28);/q;;;+3/p-3. The molecule has 0 aliphatic heterocycles. The van der Waals surface area contributed by atoms with E-state index in [0.29, 0.717) is 0 Å². The van der Waals surface area contributed by atoms with Gasteiger partial charge in [-0.15, -0.1) is 0 Å². The van der Waals surface area contributed by atoms with Crippen molar-refractivity contribution >= 4 is 30.4 Å². The summed E-state index contributed by atoms with van der Waals surface area (Å²) in [6.07, 6.45) is -23.7. The molecule has 0 radical (unpaired) electrons. The Hall–Kier alpha value is -2.65. The van der Waals surface area contributed by atoms with Crippen molar-refractivity contribution in [3.05, 3.63) is 0 Å².